The van der Waals surface area contributed by atoms with E-state index in [2.05, 4.69) is 46.3 Å². The van der Waals surface area contributed by atoms with Crippen LogP contribution >= 0.6 is 24.0 Å². The van der Waals surface area contributed by atoms with Crippen LogP contribution in [0.4, 0.5) is 0 Å². The zero-order valence-electron chi connectivity index (χ0n) is 17.6. The number of ether oxygens (including phenoxy) is 2. The first-order valence-electron chi connectivity index (χ1n) is 9.97. The highest BCUT2D eigenvalue weighted by atomic mass is 127. The molecule has 8 heteroatoms. The third kappa shape index (κ3) is 9.38. The zero-order valence-corrected chi connectivity index (χ0v) is 19.9. The van der Waals surface area contributed by atoms with E-state index in [1.54, 1.807) is 7.05 Å². The molecule has 0 radical (unpaired) electrons. The molecule has 2 rings (SSSR count). The van der Waals surface area contributed by atoms with Gasteiger partial charge in [0.25, 0.3) is 0 Å². The van der Waals surface area contributed by atoms with Crippen molar-refractivity contribution in [3.8, 4) is 5.88 Å². The molecule has 7 nitrogen and oxygen atoms in total. The van der Waals surface area contributed by atoms with Gasteiger partial charge >= 0.3 is 0 Å². The van der Waals surface area contributed by atoms with Crippen LogP contribution in [-0.2, 0) is 11.3 Å². The monoisotopic (exact) mass is 505 g/mol. The molecule has 0 amide bonds. The SMILES string of the molecule is CCCOc1ccc(CNC(=NC)NCC2CN(CC(C)C)CCO2)cn1.I. The number of aromatic nitrogens is 1. The van der Waals surface area contributed by atoms with Crippen LogP contribution in [0.5, 0.6) is 5.88 Å². The van der Waals surface area contributed by atoms with Crippen molar-refractivity contribution in [2.24, 2.45) is 10.9 Å². The normalized spacial score (nSPS) is 17.9. The van der Waals surface area contributed by atoms with Gasteiger partial charge in [-0.05, 0) is 17.9 Å². The molecule has 1 aromatic heterocycles. The number of aliphatic imine (C=N–C) groups is 1. The molecular weight excluding hydrogens is 469 g/mol. The van der Waals surface area contributed by atoms with Crippen LogP contribution in [-0.4, -0.2) is 68.4 Å². The van der Waals surface area contributed by atoms with Gasteiger partial charge in [-0.25, -0.2) is 4.98 Å². The molecule has 0 saturated carbocycles. The minimum atomic E-state index is 0. The third-order valence-corrected chi connectivity index (χ3v) is 4.28. The number of hydrogen-bond donors (Lipinski definition) is 2. The van der Waals surface area contributed by atoms with E-state index in [-0.39, 0.29) is 30.1 Å². The number of nitrogens with zero attached hydrogens (tertiary/aromatic N) is 3. The Balaban J connectivity index is 0.00000392. The topological polar surface area (TPSA) is 71.0 Å². The Morgan fingerprint density at radius 3 is 2.86 bits per heavy atom. The largest absolute Gasteiger partial charge is 0.478 e. The van der Waals surface area contributed by atoms with Gasteiger partial charge in [0.2, 0.25) is 5.88 Å². The summed E-state index contributed by atoms with van der Waals surface area (Å²) in [4.78, 5) is 11.1. The number of halogens is 1. The standard InChI is InChI=1S/C20H35N5O2.HI/c1-5-9-27-19-7-6-17(11-22-19)12-23-20(21-4)24-13-18-15-25(8-10-26-18)14-16(2)3;/h6-7,11,16,18H,5,8-10,12-15H2,1-4H3,(H2,21,23,24);1H. The second-order valence-corrected chi connectivity index (χ2v) is 7.31. The molecule has 1 fully saturated rings. The number of guanidine groups is 1. The first-order valence-corrected chi connectivity index (χ1v) is 9.97. The molecule has 1 atom stereocenters. The Morgan fingerprint density at radius 1 is 1.39 bits per heavy atom. The summed E-state index contributed by atoms with van der Waals surface area (Å²) in [6.07, 6.45) is 3.00. The van der Waals surface area contributed by atoms with Crippen LogP contribution in [0.1, 0.15) is 32.8 Å². The molecule has 0 spiro atoms. The lowest BCUT2D eigenvalue weighted by atomic mass is 10.2. The van der Waals surface area contributed by atoms with E-state index in [0.29, 0.717) is 24.9 Å². The minimum Gasteiger partial charge on any atom is -0.478 e. The Kier molecular flexibility index (Phi) is 12.4. The minimum absolute atomic E-state index is 0. The fourth-order valence-corrected chi connectivity index (χ4v) is 3.01. The van der Waals surface area contributed by atoms with Crippen molar-refractivity contribution < 1.29 is 9.47 Å². The van der Waals surface area contributed by atoms with Crippen molar-refractivity contribution in [2.45, 2.75) is 39.8 Å². The van der Waals surface area contributed by atoms with Crippen LogP contribution < -0.4 is 15.4 Å². The highest BCUT2D eigenvalue weighted by Crippen LogP contribution is 2.08. The summed E-state index contributed by atoms with van der Waals surface area (Å²) in [5.74, 6) is 2.12. The number of rotatable bonds is 9. The van der Waals surface area contributed by atoms with Crippen LogP contribution in [0.15, 0.2) is 23.3 Å². The van der Waals surface area contributed by atoms with Gasteiger partial charge in [-0.1, -0.05) is 26.8 Å². The summed E-state index contributed by atoms with van der Waals surface area (Å²) in [5, 5.41) is 6.68. The molecule has 0 aromatic carbocycles. The van der Waals surface area contributed by atoms with Crippen molar-refractivity contribution in [3.63, 3.8) is 0 Å². The average molecular weight is 505 g/mol. The van der Waals surface area contributed by atoms with Gasteiger partial charge in [-0.15, -0.1) is 24.0 Å². The second kappa shape index (κ2) is 13.9. The van der Waals surface area contributed by atoms with Crippen molar-refractivity contribution in [1.82, 2.24) is 20.5 Å². The van der Waals surface area contributed by atoms with Crippen LogP contribution in [0.2, 0.25) is 0 Å². The van der Waals surface area contributed by atoms with E-state index in [1.807, 2.05) is 18.3 Å². The van der Waals surface area contributed by atoms with Gasteiger partial charge in [0, 0.05) is 52.0 Å². The Labute approximate surface area is 186 Å². The predicted octanol–water partition coefficient (Wildman–Crippen LogP) is 2.51. The van der Waals surface area contributed by atoms with E-state index in [1.165, 1.54) is 0 Å². The maximum Gasteiger partial charge on any atom is 0.213 e. The van der Waals surface area contributed by atoms with E-state index < -0.39 is 0 Å². The maximum absolute atomic E-state index is 5.88. The fraction of sp³-hybridized carbons (Fsp3) is 0.700. The molecule has 1 aliphatic rings. The smallest absolute Gasteiger partial charge is 0.213 e. The molecule has 0 bridgehead atoms. The summed E-state index contributed by atoms with van der Waals surface area (Å²) >= 11 is 0. The Bertz CT molecular complexity index is 568. The number of pyridine rings is 1. The molecule has 0 aliphatic carbocycles. The summed E-state index contributed by atoms with van der Waals surface area (Å²) < 4.78 is 11.4. The Morgan fingerprint density at radius 2 is 2.21 bits per heavy atom. The lowest BCUT2D eigenvalue weighted by molar-refractivity contribution is -0.0284. The third-order valence-electron chi connectivity index (χ3n) is 4.28. The predicted molar refractivity (Wildman–Crippen MR) is 125 cm³/mol. The molecule has 160 valence electrons. The summed E-state index contributed by atoms with van der Waals surface area (Å²) in [5.41, 5.74) is 1.08. The number of nitrogens with one attached hydrogen (secondary N) is 2. The molecule has 2 heterocycles. The van der Waals surface area contributed by atoms with Crippen molar-refractivity contribution in [3.05, 3.63) is 23.9 Å². The van der Waals surface area contributed by atoms with Gasteiger partial charge in [-0.3, -0.25) is 9.89 Å². The highest BCUT2D eigenvalue weighted by molar-refractivity contribution is 14.0. The molecule has 1 unspecified atom stereocenters. The highest BCUT2D eigenvalue weighted by Gasteiger charge is 2.21. The fourth-order valence-electron chi connectivity index (χ4n) is 3.01. The molecule has 1 saturated heterocycles. The number of morpholine rings is 1. The Hall–Kier alpha value is -1.13. The van der Waals surface area contributed by atoms with Crippen molar-refractivity contribution in [2.75, 3.05) is 46.4 Å². The van der Waals surface area contributed by atoms with Gasteiger partial charge in [0.15, 0.2) is 5.96 Å². The molecule has 28 heavy (non-hydrogen) atoms. The summed E-state index contributed by atoms with van der Waals surface area (Å²) in [6, 6.07) is 3.92. The summed E-state index contributed by atoms with van der Waals surface area (Å²) in [6.45, 7) is 12.6. The van der Waals surface area contributed by atoms with Crippen LogP contribution in [0, 0.1) is 5.92 Å². The van der Waals surface area contributed by atoms with E-state index in [9.17, 15) is 0 Å². The van der Waals surface area contributed by atoms with Gasteiger partial charge in [0.1, 0.15) is 0 Å². The van der Waals surface area contributed by atoms with Gasteiger partial charge in [0.05, 0.1) is 19.3 Å². The first-order chi connectivity index (χ1) is 13.1. The van der Waals surface area contributed by atoms with Crippen molar-refractivity contribution in [1.29, 1.82) is 0 Å². The lowest BCUT2D eigenvalue weighted by Gasteiger charge is -2.34. The molecule has 2 N–H and O–H groups in total. The van der Waals surface area contributed by atoms with E-state index in [4.69, 9.17) is 9.47 Å². The molecule has 1 aromatic rings. The maximum atomic E-state index is 5.88. The molecular formula is C20H36IN5O2. The molecule has 1 aliphatic heterocycles. The number of hydrogen-bond acceptors (Lipinski definition) is 5. The quantitative estimate of drug-likeness (QED) is 0.306. The zero-order chi connectivity index (χ0) is 19.5. The van der Waals surface area contributed by atoms with Crippen LogP contribution in [0.3, 0.4) is 0 Å². The van der Waals surface area contributed by atoms with Gasteiger partial charge < -0.3 is 20.1 Å². The first kappa shape index (κ1) is 24.9. The second-order valence-electron chi connectivity index (χ2n) is 7.31. The van der Waals surface area contributed by atoms with E-state index in [0.717, 1.165) is 50.7 Å². The van der Waals surface area contributed by atoms with Crippen LogP contribution in [0.25, 0.3) is 0 Å². The van der Waals surface area contributed by atoms with Crippen molar-refractivity contribution >= 4 is 29.9 Å². The summed E-state index contributed by atoms with van der Waals surface area (Å²) in [7, 11) is 1.78. The lowest BCUT2D eigenvalue weighted by Crippen LogP contribution is -2.50. The van der Waals surface area contributed by atoms with E-state index >= 15 is 0 Å². The average Bonchev–Trinajstić information content (AvgIpc) is 2.67. The van der Waals surface area contributed by atoms with Gasteiger partial charge in [-0.2, -0.15) is 0 Å².